The van der Waals surface area contributed by atoms with Gasteiger partial charge in [-0.1, -0.05) is 19.0 Å². The average Bonchev–Trinajstić information content (AvgIpc) is 2.69. The van der Waals surface area contributed by atoms with Crippen LogP contribution in [0.1, 0.15) is 37.9 Å². The quantitative estimate of drug-likeness (QED) is 0.791. The third-order valence-electron chi connectivity index (χ3n) is 2.49. The molecule has 2 rings (SSSR count). The fourth-order valence-corrected chi connectivity index (χ4v) is 1.74. The molecule has 1 fully saturated rings. The van der Waals surface area contributed by atoms with Gasteiger partial charge in [-0.25, -0.2) is 0 Å². The van der Waals surface area contributed by atoms with E-state index in [2.05, 4.69) is 29.3 Å². The van der Waals surface area contributed by atoms with E-state index in [0.29, 0.717) is 11.8 Å². The van der Waals surface area contributed by atoms with Crippen LogP contribution in [0.4, 0.5) is 0 Å². The second-order valence-corrected chi connectivity index (χ2v) is 4.33. The number of aromatic nitrogens is 2. The highest BCUT2D eigenvalue weighted by atomic mass is 16.5. The van der Waals surface area contributed by atoms with Crippen molar-refractivity contribution in [1.82, 2.24) is 15.5 Å². The van der Waals surface area contributed by atoms with Crippen molar-refractivity contribution in [3.63, 3.8) is 0 Å². The molecule has 0 aliphatic carbocycles. The van der Waals surface area contributed by atoms with Crippen molar-refractivity contribution in [3.8, 4) is 0 Å². The molecule has 0 saturated carbocycles. The predicted molar refractivity (Wildman–Crippen MR) is 53.1 cm³/mol. The molecule has 1 saturated heterocycles. The summed E-state index contributed by atoms with van der Waals surface area (Å²) in [5.41, 5.74) is 0. The lowest BCUT2D eigenvalue weighted by Crippen LogP contribution is -2.08. The largest absolute Gasteiger partial charge is 0.339 e. The maximum Gasteiger partial charge on any atom is 0.226 e. The first-order chi connectivity index (χ1) is 6.75. The number of nitrogens with zero attached hydrogens (tertiary/aromatic N) is 2. The summed E-state index contributed by atoms with van der Waals surface area (Å²) in [6, 6.07) is 0. The van der Waals surface area contributed by atoms with Crippen LogP contribution in [0.25, 0.3) is 0 Å². The third-order valence-corrected chi connectivity index (χ3v) is 2.49. The average molecular weight is 195 g/mol. The van der Waals surface area contributed by atoms with E-state index in [1.54, 1.807) is 0 Å². The molecule has 2 heterocycles. The maximum absolute atomic E-state index is 5.20. The third kappa shape index (κ3) is 2.12. The minimum atomic E-state index is 0.458. The summed E-state index contributed by atoms with van der Waals surface area (Å²) in [5.74, 6) is 2.69. The van der Waals surface area contributed by atoms with Crippen LogP contribution in [0.5, 0.6) is 0 Å². The molecule has 14 heavy (non-hydrogen) atoms. The Hall–Kier alpha value is -0.900. The van der Waals surface area contributed by atoms with E-state index in [4.69, 9.17) is 4.52 Å². The number of hydrogen-bond acceptors (Lipinski definition) is 4. The van der Waals surface area contributed by atoms with E-state index in [9.17, 15) is 0 Å². The van der Waals surface area contributed by atoms with Gasteiger partial charge in [0.2, 0.25) is 5.89 Å². The van der Waals surface area contributed by atoms with E-state index in [-0.39, 0.29) is 0 Å². The molecule has 4 nitrogen and oxygen atoms in total. The lowest BCUT2D eigenvalue weighted by molar-refractivity contribution is 0.356. The minimum absolute atomic E-state index is 0.458. The van der Waals surface area contributed by atoms with Gasteiger partial charge >= 0.3 is 0 Å². The van der Waals surface area contributed by atoms with Gasteiger partial charge in [-0.15, -0.1) is 0 Å². The van der Waals surface area contributed by atoms with Gasteiger partial charge in [0.25, 0.3) is 0 Å². The summed E-state index contributed by atoms with van der Waals surface area (Å²) < 4.78 is 5.20. The van der Waals surface area contributed by atoms with Crippen molar-refractivity contribution >= 4 is 0 Å². The van der Waals surface area contributed by atoms with Crippen LogP contribution in [0.15, 0.2) is 4.52 Å². The standard InChI is InChI=1S/C10H17N3O/c1-7(2)5-9-12-10(13-14-9)8-3-4-11-6-8/h7-8,11H,3-6H2,1-2H3. The SMILES string of the molecule is CC(C)Cc1nc(C2CCNC2)no1. The van der Waals surface area contributed by atoms with Crippen molar-refractivity contribution in [2.24, 2.45) is 5.92 Å². The Morgan fingerprint density at radius 3 is 3.07 bits per heavy atom. The Kier molecular flexibility index (Phi) is 2.82. The zero-order chi connectivity index (χ0) is 9.97. The van der Waals surface area contributed by atoms with E-state index in [1.807, 2.05) is 0 Å². The maximum atomic E-state index is 5.20. The van der Waals surface area contributed by atoms with Gasteiger partial charge in [0.15, 0.2) is 5.82 Å². The Bertz CT molecular complexity index is 289. The van der Waals surface area contributed by atoms with Crippen molar-refractivity contribution in [2.75, 3.05) is 13.1 Å². The monoisotopic (exact) mass is 195 g/mol. The second kappa shape index (κ2) is 4.09. The van der Waals surface area contributed by atoms with Gasteiger partial charge in [-0.05, 0) is 18.9 Å². The molecule has 0 bridgehead atoms. The molecule has 1 aromatic rings. The topological polar surface area (TPSA) is 51.0 Å². The molecule has 0 spiro atoms. The number of rotatable bonds is 3. The van der Waals surface area contributed by atoms with Gasteiger partial charge < -0.3 is 9.84 Å². The summed E-state index contributed by atoms with van der Waals surface area (Å²) >= 11 is 0. The second-order valence-electron chi connectivity index (χ2n) is 4.33. The van der Waals surface area contributed by atoms with Gasteiger partial charge in [0, 0.05) is 18.9 Å². The highest BCUT2D eigenvalue weighted by Gasteiger charge is 2.21. The first kappa shape index (κ1) is 9.65. The number of hydrogen-bond donors (Lipinski definition) is 1. The van der Waals surface area contributed by atoms with Crippen LogP contribution in [0.3, 0.4) is 0 Å². The van der Waals surface area contributed by atoms with Gasteiger partial charge in [0.05, 0.1) is 0 Å². The molecule has 1 aliphatic rings. The Morgan fingerprint density at radius 2 is 2.43 bits per heavy atom. The fraction of sp³-hybridized carbons (Fsp3) is 0.800. The summed E-state index contributed by atoms with van der Waals surface area (Å²) in [6.07, 6.45) is 2.01. The van der Waals surface area contributed by atoms with Gasteiger partial charge in [-0.2, -0.15) is 4.98 Å². The molecule has 0 radical (unpaired) electrons. The van der Waals surface area contributed by atoms with Crippen molar-refractivity contribution in [3.05, 3.63) is 11.7 Å². The Labute approximate surface area is 84.1 Å². The molecule has 1 atom stereocenters. The van der Waals surface area contributed by atoms with Gasteiger partial charge in [0.1, 0.15) is 0 Å². The molecule has 1 unspecified atom stereocenters. The van der Waals surface area contributed by atoms with Crippen LogP contribution in [-0.4, -0.2) is 23.2 Å². The molecule has 1 aliphatic heterocycles. The van der Waals surface area contributed by atoms with Crippen LogP contribution in [0, 0.1) is 5.92 Å². The molecule has 0 amide bonds. The molecular weight excluding hydrogens is 178 g/mol. The molecule has 1 N–H and O–H groups in total. The number of nitrogens with one attached hydrogen (secondary N) is 1. The van der Waals surface area contributed by atoms with Gasteiger partial charge in [-0.3, -0.25) is 0 Å². The zero-order valence-corrected chi connectivity index (χ0v) is 8.79. The summed E-state index contributed by atoms with van der Waals surface area (Å²) in [7, 11) is 0. The zero-order valence-electron chi connectivity index (χ0n) is 8.79. The Morgan fingerprint density at radius 1 is 1.57 bits per heavy atom. The molecular formula is C10H17N3O. The van der Waals surface area contributed by atoms with E-state index >= 15 is 0 Å². The lowest BCUT2D eigenvalue weighted by Gasteiger charge is -1.99. The van der Waals surface area contributed by atoms with E-state index < -0.39 is 0 Å². The fourth-order valence-electron chi connectivity index (χ4n) is 1.74. The Balaban J connectivity index is 2.01. The van der Waals surface area contributed by atoms with Crippen molar-refractivity contribution < 1.29 is 4.52 Å². The molecule has 78 valence electrons. The highest BCUT2D eigenvalue weighted by molar-refractivity contribution is 4.99. The van der Waals surface area contributed by atoms with Crippen LogP contribution in [-0.2, 0) is 6.42 Å². The van der Waals surface area contributed by atoms with Crippen LogP contribution in [0.2, 0.25) is 0 Å². The van der Waals surface area contributed by atoms with Crippen molar-refractivity contribution in [2.45, 2.75) is 32.6 Å². The smallest absolute Gasteiger partial charge is 0.226 e. The van der Waals surface area contributed by atoms with E-state index in [0.717, 1.165) is 37.6 Å². The first-order valence-electron chi connectivity index (χ1n) is 5.29. The minimum Gasteiger partial charge on any atom is -0.339 e. The van der Waals surface area contributed by atoms with Crippen LogP contribution < -0.4 is 5.32 Å². The highest BCUT2D eigenvalue weighted by Crippen LogP contribution is 2.19. The van der Waals surface area contributed by atoms with Crippen molar-refractivity contribution in [1.29, 1.82) is 0 Å². The normalized spacial score (nSPS) is 22.1. The predicted octanol–water partition coefficient (Wildman–Crippen LogP) is 1.34. The summed E-state index contributed by atoms with van der Waals surface area (Å²) in [4.78, 5) is 4.41. The molecule has 1 aromatic heterocycles. The summed E-state index contributed by atoms with van der Waals surface area (Å²) in [5, 5.41) is 7.32. The van der Waals surface area contributed by atoms with Crippen LogP contribution >= 0.6 is 0 Å². The molecule has 0 aromatic carbocycles. The summed E-state index contributed by atoms with van der Waals surface area (Å²) in [6.45, 7) is 6.36. The first-order valence-corrected chi connectivity index (χ1v) is 5.29. The molecule has 4 heteroatoms. The lowest BCUT2D eigenvalue weighted by atomic mass is 10.1. The van der Waals surface area contributed by atoms with E-state index in [1.165, 1.54) is 0 Å².